The molecule has 43 heavy (non-hydrogen) atoms. The Kier molecular flexibility index (Phi) is 11.1. The summed E-state index contributed by atoms with van der Waals surface area (Å²) in [6, 6.07) is 21.8. The number of hydrogen-bond acceptors (Lipinski definition) is 8. The van der Waals surface area contributed by atoms with E-state index in [1.807, 2.05) is 93.0 Å². The molecule has 230 valence electrons. The zero-order valence-electron chi connectivity index (χ0n) is 25.4. The number of aromatic amines is 1. The third-order valence-corrected chi connectivity index (χ3v) is 10.6. The van der Waals surface area contributed by atoms with E-state index < -0.39 is 37.6 Å². The SMILES string of the molecule is Cc1cn([C@H]2C[C@H](O[P+](O)(CCC#N)N(C(C)C)C(C)C)[C@@H](COC(c3ccccc3)c3ccccc3)O2)c(=O)[nH]c1=O. The van der Waals surface area contributed by atoms with Gasteiger partial charge in [-0.3, -0.25) is 14.3 Å². The first-order valence-corrected chi connectivity index (χ1v) is 16.5. The molecule has 0 bridgehead atoms. The van der Waals surface area contributed by atoms with Crippen LogP contribution in [-0.4, -0.2) is 56.2 Å². The van der Waals surface area contributed by atoms with Crippen molar-refractivity contribution in [2.75, 3.05) is 12.8 Å². The van der Waals surface area contributed by atoms with Gasteiger partial charge in [0.2, 0.25) is 0 Å². The zero-order valence-corrected chi connectivity index (χ0v) is 26.3. The van der Waals surface area contributed by atoms with Crippen molar-refractivity contribution in [3.8, 4) is 6.07 Å². The lowest BCUT2D eigenvalue weighted by atomic mass is 10.0. The topological polar surface area (TPSA) is 130 Å². The maximum atomic E-state index is 12.8. The molecule has 1 aliphatic rings. The standard InChI is InChI=1S/C32H41N4O6P/c1-22(2)36(23(3)4)43(39,18-12-17-33)42-27-19-29(35-20-24(5)31(37)34-32(35)38)41-28(27)21-40-30(25-13-8-6-9-14-25)26-15-10-7-11-16-26/h6-11,13-16,20,22-23,27-30,39H,12,18-19,21H2,1-5H3/p+1/t27-,28+,29+,43?/m0/s1. The first kappa shape index (κ1) is 32.7. The van der Waals surface area contributed by atoms with E-state index in [0.717, 1.165) is 11.1 Å². The predicted molar refractivity (Wildman–Crippen MR) is 166 cm³/mol. The van der Waals surface area contributed by atoms with Gasteiger partial charge in [-0.25, -0.2) is 9.69 Å². The number of ether oxygens (including phenoxy) is 2. The molecule has 4 rings (SSSR count). The Labute approximate surface area is 253 Å². The molecule has 1 fully saturated rings. The summed E-state index contributed by atoms with van der Waals surface area (Å²) in [7, 11) is -3.28. The molecule has 0 spiro atoms. The Morgan fingerprint density at radius 1 is 1.07 bits per heavy atom. The zero-order chi connectivity index (χ0) is 31.1. The van der Waals surface area contributed by atoms with Crippen LogP contribution in [0.15, 0.2) is 76.4 Å². The molecule has 1 aromatic heterocycles. The van der Waals surface area contributed by atoms with Crippen molar-refractivity contribution in [3.63, 3.8) is 0 Å². The summed E-state index contributed by atoms with van der Waals surface area (Å²) >= 11 is 0. The first-order chi connectivity index (χ1) is 20.5. The fourth-order valence-corrected chi connectivity index (χ4v) is 8.65. The highest BCUT2D eigenvalue weighted by Crippen LogP contribution is 2.63. The van der Waals surface area contributed by atoms with Crippen molar-refractivity contribution in [1.82, 2.24) is 14.2 Å². The van der Waals surface area contributed by atoms with Crippen LogP contribution in [0, 0.1) is 18.3 Å². The second-order valence-corrected chi connectivity index (χ2v) is 13.8. The van der Waals surface area contributed by atoms with Crippen molar-refractivity contribution >= 4 is 7.87 Å². The molecule has 11 heteroatoms. The van der Waals surface area contributed by atoms with Crippen LogP contribution in [0.2, 0.25) is 0 Å². The molecule has 2 heterocycles. The summed E-state index contributed by atoms with van der Waals surface area (Å²) in [6.07, 6.45) is -0.455. The monoisotopic (exact) mass is 609 g/mol. The van der Waals surface area contributed by atoms with Gasteiger partial charge in [-0.15, -0.1) is 4.67 Å². The minimum atomic E-state index is -3.28. The number of H-pyrrole nitrogens is 1. The summed E-state index contributed by atoms with van der Waals surface area (Å²) in [5.74, 6) is 0. The molecule has 3 aromatic rings. The quantitative estimate of drug-likeness (QED) is 0.256. The minimum Gasteiger partial charge on any atom is -0.366 e. The second kappa shape index (κ2) is 14.5. The summed E-state index contributed by atoms with van der Waals surface area (Å²) in [5, 5.41) is 9.40. The van der Waals surface area contributed by atoms with Crippen LogP contribution >= 0.6 is 7.87 Å². The Morgan fingerprint density at radius 3 is 2.19 bits per heavy atom. The molecular formula is C32H42N4O6P+. The highest BCUT2D eigenvalue weighted by molar-refractivity contribution is 7.63. The van der Waals surface area contributed by atoms with Crippen LogP contribution in [0.4, 0.5) is 0 Å². The second-order valence-electron chi connectivity index (χ2n) is 11.4. The molecule has 10 nitrogen and oxygen atoms in total. The normalized spacial score (nSPS) is 20.2. The molecule has 0 amide bonds. The molecule has 0 radical (unpaired) electrons. The molecule has 1 unspecified atom stereocenters. The minimum absolute atomic E-state index is 0.0464. The van der Waals surface area contributed by atoms with Crippen LogP contribution < -0.4 is 11.2 Å². The van der Waals surface area contributed by atoms with Crippen LogP contribution in [0.5, 0.6) is 0 Å². The molecule has 1 saturated heterocycles. The maximum absolute atomic E-state index is 12.8. The molecule has 2 N–H and O–H groups in total. The number of aromatic nitrogens is 2. The molecule has 0 aliphatic carbocycles. The lowest BCUT2D eigenvalue weighted by molar-refractivity contribution is -0.0733. The van der Waals surface area contributed by atoms with Gasteiger partial charge in [0.25, 0.3) is 5.56 Å². The van der Waals surface area contributed by atoms with E-state index in [2.05, 4.69) is 11.1 Å². The fourth-order valence-electron chi connectivity index (χ4n) is 5.72. The molecule has 1 aliphatic heterocycles. The van der Waals surface area contributed by atoms with Crippen LogP contribution in [-0.2, 0) is 14.0 Å². The molecular weight excluding hydrogens is 567 g/mol. The van der Waals surface area contributed by atoms with E-state index in [9.17, 15) is 19.7 Å². The van der Waals surface area contributed by atoms with E-state index in [1.165, 1.54) is 10.8 Å². The van der Waals surface area contributed by atoms with E-state index in [-0.39, 0.29) is 43.8 Å². The Morgan fingerprint density at radius 2 is 1.65 bits per heavy atom. The number of hydrogen-bond donors (Lipinski definition) is 2. The van der Waals surface area contributed by atoms with Crippen molar-refractivity contribution < 1.29 is 18.9 Å². The highest BCUT2D eigenvalue weighted by atomic mass is 31.2. The smallest absolute Gasteiger partial charge is 0.347 e. The van der Waals surface area contributed by atoms with Crippen molar-refractivity contribution in [1.29, 1.82) is 5.26 Å². The average Bonchev–Trinajstić information content (AvgIpc) is 3.36. The summed E-state index contributed by atoms with van der Waals surface area (Å²) in [5.41, 5.74) is 1.26. The third kappa shape index (κ3) is 7.87. The van der Waals surface area contributed by atoms with Gasteiger partial charge in [0.15, 0.2) is 0 Å². The van der Waals surface area contributed by atoms with Gasteiger partial charge in [0.1, 0.15) is 30.7 Å². The third-order valence-electron chi connectivity index (χ3n) is 7.51. The van der Waals surface area contributed by atoms with E-state index in [4.69, 9.17) is 14.0 Å². The number of benzene rings is 2. The molecule has 0 saturated carbocycles. The lowest BCUT2D eigenvalue weighted by Gasteiger charge is -2.36. The maximum Gasteiger partial charge on any atom is 0.347 e. The van der Waals surface area contributed by atoms with Crippen molar-refractivity contribution in [2.45, 2.75) is 84.1 Å². The van der Waals surface area contributed by atoms with Gasteiger partial charge < -0.3 is 9.47 Å². The number of nitriles is 1. The number of nitrogens with one attached hydrogen (secondary N) is 1. The number of nitrogens with zero attached hydrogens (tertiary/aromatic N) is 3. The lowest BCUT2D eigenvalue weighted by Crippen LogP contribution is -2.41. The van der Waals surface area contributed by atoms with E-state index >= 15 is 0 Å². The summed E-state index contributed by atoms with van der Waals surface area (Å²) in [6.45, 7) is 9.68. The molecule has 2 aromatic carbocycles. The van der Waals surface area contributed by atoms with Crippen LogP contribution in [0.3, 0.4) is 0 Å². The van der Waals surface area contributed by atoms with E-state index in [1.54, 1.807) is 6.92 Å². The number of aryl methyl sites for hydroxylation is 1. The number of rotatable bonds is 13. The fraction of sp³-hybridized carbons (Fsp3) is 0.469. The Balaban J connectivity index is 1.69. The average molecular weight is 610 g/mol. The first-order valence-electron chi connectivity index (χ1n) is 14.7. The largest absolute Gasteiger partial charge is 0.366 e. The van der Waals surface area contributed by atoms with Crippen LogP contribution in [0.25, 0.3) is 0 Å². The molecule has 4 atom stereocenters. The van der Waals surface area contributed by atoms with Crippen molar-refractivity contribution in [3.05, 3.63) is 104 Å². The van der Waals surface area contributed by atoms with Gasteiger partial charge >= 0.3 is 13.6 Å². The highest BCUT2D eigenvalue weighted by Gasteiger charge is 2.54. The van der Waals surface area contributed by atoms with Gasteiger partial charge in [-0.2, -0.15) is 9.79 Å². The Hall–Kier alpha value is -3.16. The van der Waals surface area contributed by atoms with Gasteiger partial charge in [-0.1, -0.05) is 60.7 Å². The van der Waals surface area contributed by atoms with Gasteiger partial charge in [0, 0.05) is 30.3 Å². The summed E-state index contributed by atoms with van der Waals surface area (Å²) < 4.78 is 22.9. The van der Waals surface area contributed by atoms with E-state index in [0.29, 0.717) is 5.56 Å². The Bertz CT molecular complexity index is 1440. The van der Waals surface area contributed by atoms with Gasteiger partial charge in [-0.05, 0) is 45.7 Å². The van der Waals surface area contributed by atoms with Gasteiger partial charge in [0.05, 0.1) is 19.1 Å². The summed E-state index contributed by atoms with van der Waals surface area (Å²) in [4.78, 5) is 39.3. The van der Waals surface area contributed by atoms with Crippen molar-refractivity contribution in [2.24, 2.45) is 0 Å². The van der Waals surface area contributed by atoms with Crippen LogP contribution in [0.1, 0.15) is 69.6 Å². The predicted octanol–water partition coefficient (Wildman–Crippen LogP) is 5.11.